The maximum Gasteiger partial charge on any atom is 0.343 e. The minimum absolute atomic E-state index is 0. The van der Waals surface area contributed by atoms with Gasteiger partial charge in [0.1, 0.15) is 6.04 Å². The molecular formula is C23H32BrF2NO3. The summed E-state index contributed by atoms with van der Waals surface area (Å²) < 4.78 is 34.8. The molecule has 1 aromatic rings. The second-order valence-corrected chi connectivity index (χ2v) is 9.59. The highest BCUT2D eigenvalue weighted by Crippen LogP contribution is 2.49. The first-order valence-corrected chi connectivity index (χ1v) is 10.9. The third-order valence-corrected chi connectivity index (χ3v) is 7.63. The number of piperidine rings is 1. The van der Waals surface area contributed by atoms with E-state index in [0.717, 1.165) is 36.8 Å². The van der Waals surface area contributed by atoms with Crippen molar-refractivity contribution in [3.63, 3.8) is 0 Å². The average molecular weight is 488 g/mol. The van der Waals surface area contributed by atoms with Gasteiger partial charge in [-0.15, -0.1) is 0 Å². The van der Waals surface area contributed by atoms with E-state index in [1.807, 2.05) is 0 Å². The predicted molar refractivity (Wildman–Crippen MR) is 105 cm³/mol. The molecule has 7 heteroatoms. The minimum Gasteiger partial charge on any atom is -1.00 e. The Kier molecular flexibility index (Phi) is 6.67. The first kappa shape index (κ1) is 23.6. The normalized spacial score (nSPS) is 36.2. The van der Waals surface area contributed by atoms with E-state index in [4.69, 9.17) is 4.74 Å². The Bertz CT molecular complexity index is 764. The van der Waals surface area contributed by atoms with Gasteiger partial charge in [-0.3, -0.25) is 0 Å². The number of fused-ring (bicyclic) bond motifs is 2. The minimum atomic E-state index is -2.85. The molecule has 1 saturated heterocycles. The van der Waals surface area contributed by atoms with E-state index in [9.17, 15) is 18.7 Å². The highest BCUT2D eigenvalue weighted by atomic mass is 79.9. The van der Waals surface area contributed by atoms with E-state index in [1.54, 1.807) is 30.3 Å². The summed E-state index contributed by atoms with van der Waals surface area (Å²) in [6, 6.07) is 8.72. The van der Waals surface area contributed by atoms with Crippen LogP contribution in [0.1, 0.15) is 51.0 Å². The zero-order chi connectivity index (χ0) is 20.9. The van der Waals surface area contributed by atoms with E-state index < -0.39 is 29.8 Å². The second-order valence-electron chi connectivity index (χ2n) is 9.59. The molecule has 4 rings (SSSR count). The molecule has 1 N–H and O–H groups in total. The van der Waals surface area contributed by atoms with Crippen molar-refractivity contribution in [3.8, 4) is 0 Å². The van der Waals surface area contributed by atoms with Gasteiger partial charge in [-0.2, -0.15) is 0 Å². The van der Waals surface area contributed by atoms with Crippen LogP contribution in [-0.2, 0) is 15.1 Å². The van der Waals surface area contributed by atoms with Crippen LogP contribution < -0.4 is 17.0 Å². The maximum atomic E-state index is 14.0. The van der Waals surface area contributed by atoms with Crippen LogP contribution in [0.15, 0.2) is 30.3 Å². The Morgan fingerprint density at radius 1 is 1.27 bits per heavy atom. The quantitative estimate of drug-likeness (QED) is 0.478. The van der Waals surface area contributed by atoms with Gasteiger partial charge in [-0.05, 0) is 24.8 Å². The number of aliphatic hydroxyl groups is 1. The van der Waals surface area contributed by atoms with Crippen molar-refractivity contribution < 1.29 is 44.9 Å². The van der Waals surface area contributed by atoms with Gasteiger partial charge >= 0.3 is 5.97 Å². The van der Waals surface area contributed by atoms with Gasteiger partial charge in [0.2, 0.25) is 5.92 Å². The number of carbonyl (C=O) groups excluding carboxylic acids is 1. The lowest BCUT2D eigenvalue weighted by Crippen LogP contribution is -3.00. The van der Waals surface area contributed by atoms with E-state index in [2.05, 4.69) is 14.0 Å². The Labute approximate surface area is 188 Å². The molecule has 0 spiro atoms. The third kappa shape index (κ3) is 3.93. The highest BCUT2D eigenvalue weighted by Gasteiger charge is 2.60. The van der Waals surface area contributed by atoms with Crippen molar-refractivity contribution >= 4 is 5.97 Å². The summed E-state index contributed by atoms with van der Waals surface area (Å²) in [7, 11) is 2.22. The fourth-order valence-corrected chi connectivity index (χ4v) is 6.24. The van der Waals surface area contributed by atoms with Crippen LogP contribution in [0.5, 0.6) is 0 Å². The molecule has 1 aliphatic heterocycles. The lowest BCUT2D eigenvalue weighted by molar-refractivity contribution is -0.927. The molecule has 1 aromatic carbocycles. The zero-order valence-electron chi connectivity index (χ0n) is 17.7. The lowest BCUT2D eigenvalue weighted by atomic mass is 9.80. The summed E-state index contributed by atoms with van der Waals surface area (Å²) in [6.45, 7) is 4.17. The molecule has 0 aromatic heterocycles. The van der Waals surface area contributed by atoms with Gasteiger partial charge in [-0.1, -0.05) is 37.3 Å². The van der Waals surface area contributed by atoms with E-state index in [0.29, 0.717) is 5.56 Å². The van der Waals surface area contributed by atoms with Gasteiger partial charge < -0.3 is 31.3 Å². The Morgan fingerprint density at radius 2 is 1.97 bits per heavy atom. The number of alkyl halides is 2. The highest BCUT2D eigenvalue weighted by molar-refractivity contribution is 5.82. The molecule has 2 aliphatic carbocycles. The Hall–Kier alpha value is -1.05. The van der Waals surface area contributed by atoms with Crippen molar-refractivity contribution in [1.82, 2.24) is 0 Å². The van der Waals surface area contributed by atoms with Gasteiger partial charge in [0.25, 0.3) is 0 Å². The maximum absolute atomic E-state index is 14.0. The van der Waals surface area contributed by atoms with Crippen LogP contribution in [0.25, 0.3) is 0 Å². The number of esters is 1. The summed E-state index contributed by atoms with van der Waals surface area (Å²) >= 11 is 0. The van der Waals surface area contributed by atoms with Crippen LogP contribution in [0.3, 0.4) is 0 Å². The molecule has 168 valence electrons. The number of halogens is 3. The van der Waals surface area contributed by atoms with Crippen molar-refractivity contribution in [2.45, 2.75) is 69.1 Å². The van der Waals surface area contributed by atoms with Gasteiger partial charge in [0.05, 0.1) is 26.1 Å². The molecule has 30 heavy (non-hydrogen) atoms. The smallest absolute Gasteiger partial charge is 0.343 e. The van der Waals surface area contributed by atoms with Gasteiger partial charge in [0, 0.05) is 25.2 Å². The molecule has 3 fully saturated rings. The molecule has 3 unspecified atom stereocenters. The van der Waals surface area contributed by atoms with Crippen molar-refractivity contribution in [2.24, 2.45) is 11.8 Å². The third-order valence-electron chi connectivity index (χ3n) is 7.63. The fraction of sp³-hybridized carbons (Fsp3) is 0.696. The monoisotopic (exact) mass is 487 g/mol. The lowest BCUT2D eigenvalue weighted by Gasteiger charge is -2.38. The first-order chi connectivity index (χ1) is 13.7. The van der Waals surface area contributed by atoms with Crippen molar-refractivity contribution in [3.05, 3.63) is 35.9 Å². The van der Waals surface area contributed by atoms with Crippen LogP contribution in [-0.4, -0.2) is 53.8 Å². The van der Waals surface area contributed by atoms with Crippen LogP contribution >= 0.6 is 0 Å². The molecule has 2 saturated carbocycles. The topological polar surface area (TPSA) is 46.5 Å². The number of hydrogen-bond donors (Lipinski definition) is 1. The summed E-state index contributed by atoms with van der Waals surface area (Å²) in [6.07, 6.45) is 2.15. The van der Waals surface area contributed by atoms with E-state index in [1.165, 1.54) is 0 Å². The van der Waals surface area contributed by atoms with Gasteiger partial charge in [-0.25, -0.2) is 13.6 Å². The number of likely N-dealkylation sites (tertiary alicyclic amines) is 1. The average Bonchev–Trinajstić information content (AvgIpc) is 3.32. The van der Waals surface area contributed by atoms with Crippen molar-refractivity contribution in [1.29, 1.82) is 0 Å². The summed E-state index contributed by atoms with van der Waals surface area (Å²) in [4.78, 5) is 13.4. The molecule has 0 radical (unpaired) electrons. The summed E-state index contributed by atoms with van der Waals surface area (Å²) in [5, 5.41) is 11.6. The number of hydrogen-bond acceptors (Lipinski definition) is 3. The largest absolute Gasteiger partial charge is 1.00 e. The molecule has 6 atom stereocenters. The fourth-order valence-electron chi connectivity index (χ4n) is 6.24. The zero-order valence-corrected chi connectivity index (χ0v) is 19.3. The molecule has 0 amide bonds. The summed E-state index contributed by atoms with van der Waals surface area (Å²) in [5.41, 5.74) is -1.68. The number of likely N-dealkylation sites (N-methyl/N-ethyl adjacent to an activating group) is 1. The van der Waals surface area contributed by atoms with Crippen molar-refractivity contribution in [2.75, 3.05) is 20.1 Å². The SMILES string of the molecule is CCC[N+]1(C)CC2CC[C@@H]1C2OC(=O)[C@](O)(c1ccccc1)[C@@H]1CCC(F)(F)C1.[Br-]. The van der Waals surface area contributed by atoms with Gasteiger partial charge in [0.15, 0.2) is 11.7 Å². The molecule has 4 nitrogen and oxygen atoms in total. The molecule has 2 bridgehead atoms. The van der Waals surface area contributed by atoms with Crippen LogP contribution in [0, 0.1) is 11.8 Å². The Balaban J connectivity index is 0.00000256. The molecule has 3 aliphatic rings. The van der Waals surface area contributed by atoms with Crippen LogP contribution in [0.4, 0.5) is 8.78 Å². The summed E-state index contributed by atoms with van der Waals surface area (Å²) in [5.74, 6) is -4.16. The molecular weight excluding hydrogens is 456 g/mol. The number of nitrogens with zero attached hydrogens (tertiary/aromatic N) is 1. The number of ether oxygens (including phenoxy) is 1. The second kappa shape index (κ2) is 8.47. The number of carbonyl (C=O) groups is 1. The number of rotatable bonds is 6. The number of benzene rings is 1. The number of quaternary nitrogens is 1. The van der Waals surface area contributed by atoms with E-state index >= 15 is 0 Å². The Morgan fingerprint density at radius 3 is 2.57 bits per heavy atom. The first-order valence-electron chi connectivity index (χ1n) is 10.9. The molecule has 1 heterocycles. The van der Waals surface area contributed by atoms with E-state index in [-0.39, 0.29) is 47.9 Å². The van der Waals surface area contributed by atoms with Crippen LogP contribution in [0.2, 0.25) is 0 Å². The standard InChI is InChI=1S/C23H32F2NO3.BrH/c1-3-13-26(2)15-16-9-10-19(26)20(16)29-21(27)23(28,17-7-5-4-6-8-17)18-11-12-22(24,25)14-18;/h4-8,16,18-20,28H,3,9-15H2,1-2H3;1H/q+1;/p-1/t16?,18-,19-,20?,23+,26?;/m1./s1. The predicted octanol–water partition coefficient (Wildman–Crippen LogP) is 0.874.